The van der Waals surface area contributed by atoms with Crippen LogP contribution in [0.1, 0.15) is 0 Å². The molecule has 94 valence electrons. The van der Waals surface area contributed by atoms with Gasteiger partial charge in [0.25, 0.3) is 0 Å². The van der Waals surface area contributed by atoms with Crippen LogP contribution in [-0.2, 0) is 9.53 Å². The summed E-state index contributed by atoms with van der Waals surface area (Å²) in [4.78, 5) is 16.8. The fraction of sp³-hybridized carbons (Fsp3) is 0.444. The Morgan fingerprint density at radius 3 is 3.22 bits per heavy atom. The number of rotatable bonds is 2. The number of fused-ring (bicyclic) bond motifs is 1. The first kappa shape index (κ1) is 10.8. The van der Waals surface area contributed by atoms with Crippen molar-refractivity contribution in [1.82, 2.24) is 25.0 Å². The molecule has 0 radical (unpaired) electrons. The highest BCUT2D eigenvalue weighted by Crippen LogP contribution is 2.16. The van der Waals surface area contributed by atoms with Crippen molar-refractivity contribution in [2.45, 2.75) is 6.10 Å². The molecule has 18 heavy (non-hydrogen) atoms. The first-order valence-electron chi connectivity index (χ1n) is 5.37. The molecule has 9 nitrogen and oxygen atoms in total. The van der Waals surface area contributed by atoms with Crippen LogP contribution < -0.4 is 4.90 Å². The van der Waals surface area contributed by atoms with E-state index in [1.165, 1.54) is 4.52 Å². The second-order valence-electron chi connectivity index (χ2n) is 3.86. The van der Waals surface area contributed by atoms with Crippen LogP contribution in [0.15, 0.2) is 12.4 Å². The molecular weight excluding hydrogens is 240 g/mol. The highest BCUT2D eigenvalue weighted by atomic mass is 16.5. The maximum Gasteiger partial charge on any atom is 0.334 e. The molecule has 9 heteroatoms. The van der Waals surface area contributed by atoms with Gasteiger partial charge in [-0.3, -0.25) is 4.98 Å². The second kappa shape index (κ2) is 4.18. The highest BCUT2D eigenvalue weighted by Gasteiger charge is 2.27. The van der Waals surface area contributed by atoms with Gasteiger partial charge in [-0.25, -0.2) is 4.79 Å². The van der Waals surface area contributed by atoms with Crippen LogP contribution in [0.4, 0.5) is 5.82 Å². The van der Waals surface area contributed by atoms with E-state index in [0.29, 0.717) is 24.6 Å². The fourth-order valence-corrected chi connectivity index (χ4v) is 1.89. The van der Waals surface area contributed by atoms with E-state index in [1.54, 1.807) is 12.4 Å². The molecule has 3 heterocycles. The third-order valence-electron chi connectivity index (χ3n) is 2.76. The molecule has 1 fully saturated rings. The minimum atomic E-state index is -0.975. The number of ether oxygens (including phenoxy) is 1. The molecule has 2 aromatic rings. The monoisotopic (exact) mass is 250 g/mol. The number of nitrogens with zero attached hydrogens (tertiary/aromatic N) is 6. The Bertz CT molecular complexity index is 584. The molecule has 0 aliphatic carbocycles. The van der Waals surface area contributed by atoms with Gasteiger partial charge in [0.2, 0.25) is 0 Å². The lowest BCUT2D eigenvalue weighted by Crippen LogP contribution is -2.46. The Labute approximate surface area is 101 Å². The van der Waals surface area contributed by atoms with Gasteiger partial charge in [-0.1, -0.05) is 0 Å². The molecule has 1 saturated heterocycles. The van der Waals surface area contributed by atoms with E-state index in [-0.39, 0.29) is 6.54 Å². The summed E-state index contributed by atoms with van der Waals surface area (Å²) in [5, 5.41) is 20.2. The molecule has 0 aromatic carbocycles. The maximum atomic E-state index is 10.9. The summed E-state index contributed by atoms with van der Waals surface area (Å²) in [6.07, 6.45) is 2.30. The van der Waals surface area contributed by atoms with Crippen LogP contribution in [0.3, 0.4) is 0 Å². The van der Waals surface area contributed by atoms with Gasteiger partial charge in [0, 0.05) is 6.54 Å². The average molecular weight is 250 g/mol. The number of hydrogen-bond acceptors (Lipinski definition) is 7. The van der Waals surface area contributed by atoms with Gasteiger partial charge in [-0.2, -0.15) is 4.52 Å². The molecule has 0 amide bonds. The number of tetrazole rings is 1. The Kier molecular flexibility index (Phi) is 2.52. The van der Waals surface area contributed by atoms with Crippen LogP contribution in [0.5, 0.6) is 0 Å². The minimum absolute atomic E-state index is 0.246. The molecule has 0 spiro atoms. The van der Waals surface area contributed by atoms with Gasteiger partial charge in [0.1, 0.15) is 0 Å². The molecule has 1 N–H and O–H groups in total. The zero-order chi connectivity index (χ0) is 12.5. The number of carbonyl (C=O) groups is 1. The number of hydrogen-bond donors (Lipinski definition) is 1. The molecule has 1 unspecified atom stereocenters. The Hall–Kier alpha value is -2.29. The Morgan fingerprint density at radius 2 is 2.39 bits per heavy atom. The number of aromatic nitrogens is 5. The van der Waals surface area contributed by atoms with Crippen LogP contribution in [-0.4, -0.2) is 61.9 Å². The largest absolute Gasteiger partial charge is 0.479 e. The number of anilines is 1. The van der Waals surface area contributed by atoms with Gasteiger partial charge in [-0.15, -0.1) is 5.10 Å². The topological polar surface area (TPSA) is 106 Å². The number of morpholine rings is 1. The van der Waals surface area contributed by atoms with E-state index in [2.05, 4.69) is 20.5 Å². The summed E-state index contributed by atoms with van der Waals surface area (Å²) >= 11 is 0. The summed E-state index contributed by atoms with van der Waals surface area (Å²) in [6, 6.07) is 0. The van der Waals surface area contributed by atoms with Gasteiger partial charge in [-0.05, 0) is 10.4 Å². The summed E-state index contributed by atoms with van der Waals surface area (Å²) in [5.41, 5.74) is 0.519. The number of aliphatic carboxylic acids is 1. The quantitative estimate of drug-likeness (QED) is 0.709. The van der Waals surface area contributed by atoms with Gasteiger partial charge in [0.05, 0.1) is 25.5 Å². The van der Waals surface area contributed by atoms with Crippen molar-refractivity contribution in [3.63, 3.8) is 0 Å². The molecule has 2 aromatic heterocycles. The van der Waals surface area contributed by atoms with Crippen molar-refractivity contribution < 1.29 is 14.6 Å². The lowest BCUT2D eigenvalue weighted by atomic mass is 10.3. The van der Waals surface area contributed by atoms with Crippen molar-refractivity contribution in [2.24, 2.45) is 0 Å². The van der Waals surface area contributed by atoms with Crippen molar-refractivity contribution in [1.29, 1.82) is 0 Å². The van der Waals surface area contributed by atoms with Crippen LogP contribution in [0.2, 0.25) is 0 Å². The van der Waals surface area contributed by atoms with Crippen LogP contribution in [0, 0.1) is 0 Å². The number of carboxylic acid groups (broad SMARTS) is 1. The lowest BCUT2D eigenvalue weighted by molar-refractivity contribution is -0.150. The van der Waals surface area contributed by atoms with E-state index in [0.717, 1.165) is 0 Å². The first-order chi connectivity index (χ1) is 8.75. The van der Waals surface area contributed by atoms with Crippen molar-refractivity contribution in [2.75, 3.05) is 24.6 Å². The molecule has 1 aliphatic rings. The van der Waals surface area contributed by atoms with E-state index >= 15 is 0 Å². The third-order valence-corrected chi connectivity index (χ3v) is 2.76. The predicted octanol–water partition coefficient (Wildman–Crippen LogP) is -1.19. The third kappa shape index (κ3) is 1.74. The standard InChI is InChI=1S/C9H10N6O3/c16-9(17)6-5-14(1-2-18-6)8-4-10-3-7-11-12-13-15(7)8/h3-4,6H,1-2,5H2,(H,16,17). The second-order valence-corrected chi connectivity index (χ2v) is 3.86. The van der Waals surface area contributed by atoms with E-state index in [1.807, 2.05) is 4.90 Å². The Morgan fingerprint density at radius 1 is 1.50 bits per heavy atom. The molecule has 0 saturated carbocycles. The van der Waals surface area contributed by atoms with Crippen LogP contribution in [0.25, 0.3) is 5.65 Å². The van der Waals surface area contributed by atoms with Gasteiger partial charge in [0.15, 0.2) is 17.6 Å². The smallest absolute Gasteiger partial charge is 0.334 e. The zero-order valence-corrected chi connectivity index (χ0v) is 9.30. The van der Waals surface area contributed by atoms with Gasteiger partial charge < -0.3 is 14.7 Å². The molecule has 1 atom stereocenters. The first-order valence-corrected chi connectivity index (χ1v) is 5.37. The lowest BCUT2D eigenvalue weighted by Gasteiger charge is -2.31. The van der Waals surface area contributed by atoms with Gasteiger partial charge >= 0.3 is 5.97 Å². The van der Waals surface area contributed by atoms with E-state index in [4.69, 9.17) is 9.84 Å². The van der Waals surface area contributed by atoms with E-state index < -0.39 is 12.1 Å². The zero-order valence-electron chi connectivity index (χ0n) is 9.30. The fourth-order valence-electron chi connectivity index (χ4n) is 1.89. The van der Waals surface area contributed by atoms with E-state index in [9.17, 15) is 4.79 Å². The summed E-state index contributed by atoms with van der Waals surface area (Å²) in [6.45, 7) is 1.16. The van der Waals surface area contributed by atoms with Crippen molar-refractivity contribution >= 4 is 17.4 Å². The van der Waals surface area contributed by atoms with Crippen molar-refractivity contribution in [3.8, 4) is 0 Å². The summed E-state index contributed by atoms with van der Waals surface area (Å²) in [7, 11) is 0. The predicted molar refractivity (Wildman–Crippen MR) is 58.2 cm³/mol. The Balaban J connectivity index is 1.94. The summed E-state index contributed by atoms with van der Waals surface area (Å²) < 4.78 is 6.69. The average Bonchev–Trinajstić information content (AvgIpc) is 2.87. The molecular formula is C9H10N6O3. The highest BCUT2D eigenvalue weighted by molar-refractivity contribution is 5.73. The maximum absolute atomic E-state index is 10.9. The normalized spacial score (nSPS) is 20.2. The minimum Gasteiger partial charge on any atom is -0.479 e. The molecule has 1 aliphatic heterocycles. The molecule has 3 rings (SSSR count). The van der Waals surface area contributed by atoms with Crippen molar-refractivity contribution in [3.05, 3.63) is 12.4 Å². The molecule has 0 bridgehead atoms. The number of carboxylic acids is 1. The van der Waals surface area contributed by atoms with Crippen LogP contribution >= 0.6 is 0 Å². The summed E-state index contributed by atoms with van der Waals surface area (Å²) in [5.74, 6) is -0.316. The SMILES string of the molecule is O=C(O)C1CN(c2cncc3nnnn23)CCO1.